The summed E-state index contributed by atoms with van der Waals surface area (Å²) < 4.78 is 6.63. The summed E-state index contributed by atoms with van der Waals surface area (Å²) in [7, 11) is 0. The van der Waals surface area contributed by atoms with Crippen molar-refractivity contribution in [3.8, 4) is 6.07 Å². The zero-order chi connectivity index (χ0) is 11.5. The number of nitrogens with zero attached hydrogens (tertiary/aromatic N) is 3. The van der Waals surface area contributed by atoms with Crippen LogP contribution in [0.25, 0.3) is 0 Å². The summed E-state index contributed by atoms with van der Waals surface area (Å²) in [5.41, 5.74) is 0. The molecule has 0 aromatic carbocycles. The topological polar surface area (TPSA) is 92.0 Å². The van der Waals surface area contributed by atoms with Crippen molar-refractivity contribution in [1.29, 1.82) is 5.26 Å². The monoisotopic (exact) mass is 217 g/mol. The van der Waals surface area contributed by atoms with Gasteiger partial charge in [-0.3, -0.25) is 0 Å². The quantitative estimate of drug-likeness (QED) is 0.830. The van der Waals surface area contributed by atoms with E-state index in [0.717, 1.165) is 0 Å². The molecule has 0 bridgehead atoms. The van der Waals surface area contributed by atoms with Crippen molar-refractivity contribution in [3.63, 3.8) is 0 Å². The Hall–Kier alpha value is -2.55. The summed E-state index contributed by atoms with van der Waals surface area (Å²) in [4.78, 5) is 14.4. The fourth-order valence-corrected chi connectivity index (χ4v) is 1.30. The molecule has 0 radical (unpaired) electrons. The maximum absolute atomic E-state index is 10.6. The molecule has 1 N–H and O–H groups in total. The normalized spacial score (nSPS) is 9.94. The van der Waals surface area contributed by atoms with Crippen LogP contribution in [0.4, 0.5) is 0 Å². The van der Waals surface area contributed by atoms with E-state index in [0.29, 0.717) is 5.76 Å². The number of hydrogen-bond donors (Lipinski definition) is 1. The highest BCUT2D eigenvalue weighted by Crippen LogP contribution is 2.10. The van der Waals surface area contributed by atoms with Crippen molar-refractivity contribution in [2.24, 2.45) is 0 Å². The summed E-state index contributed by atoms with van der Waals surface area (Å²) >= 11 is 0. The fourth-order valence-electron chi connectivity index (χ4n) is 1.30. The van der Waals surface area contributed by atoms with Crippen LogP contribution in [-0.2, 0) is 6.54 Å². The van der Waals surface area contributed by atoms with E-state index in [-0.39, 0.29) is 18.1 Å². The van der Waals surface area contributed by atoms with Gasteiger partial charge in [-0.15, -0.1) is 0 Å². The van der Waals surface area contributed by atoms with Gasteiger partial charge < -0.3 is 14.1 Å². The predicted molar refractivity (Wildman–Crippen MR) is 51.7 cm³/mol. The maximum atomic E-state index is 10.6. The number of carbonyl (C=O) groups is 1. The molecular weight excluding hydrogens is 210 g/mol. The zero-order valence-electron chi connectivity index (χ0n) is 8.12. The Morgan fingerprint density at radius 3 is 3.06 bits per heavy atom. The number of rotatable bonds is 3. The minimum absolute atomic E-state index is 0.117. The van der Waals surface area contributed by atoms with E-state index in [4.69, 9.17) is 14.8 Å². The van der Waals surface area contributed by atoms with Gasteiger partial charge in [0.25, 0.3) is 0 Å². The van der Waals surface area contributed by atoms with Crippen molar-refractivity contribution in [2.45, 2.75) is 6.54 Å². The molecule has 0 spiro atoms. The van der Waals surface area contributed by atoms with Gasteiger partial charge in [0.15, 0.2) is 0 Å². The number of aromatic nitrogens is 2. The molecule has 6 nitrogen and oxygen atoms in total. The van der Waals surface area contributed by atoms with Crippen LogP contribution in [0.5, 0.6) is 0 Å². The molecule has 0 amide bonds. The summed E-state index contributed by atoms with van der Waals surface area (Å²) in [6.45, 7) is 0.288. The van der Waals surface area contributed by atoms with Gasteiger partial charge in [0, 0.05) is 12.4 Å². The van der Waals surface area contributed by atoms with Crippen molar-refractivity contribution in [2.75, 3.05) is 0 Å². The Balaban J connectivity index is 2.21. The lowest BCUT2D eigenvalue weighted by molar-refractivity contribution is 0.0660. The number of nitriles is 1. The van der Waals surface area contributed by atoms with Gasteiger partial charge >= 0.3 is 5.97 Å². The number of carboxylic acid groups (broad SMARTS) is 1. The van der Waals surface area contributed by atoms with E-state index in [9.17, 15) is 4.79 Å². The summed E-state index contributed by atoms with van der Waals surface area (Å²) in [5.74, 6) is -0.508. The highest BCUT2D eigenvalue weighted by atomic mass is 16.4. The lowest BCUT2D eigenvalue weighted by atomic mass is 10.4. The predicted octanol–water partition coefficient (Wildman–Crippen LogP) is 1.09. The standard InChI is InChI=1S/C10H7N3O3/c11-5-9-12-3-4-13(9)6-7-1-2-8(16-7)10(14)15/h1-4H,6H2,(H,14,15). The Morgan fingerprint density at radius 1 is 1.62 bits per heavy atom. The van der Waals surface area contributed by atoms with Gasteiger partial charge in [0.05, 0.1) is 6.54 Å². The summed E-state index contributed by atoms with van der Waals surface area (Å²) in [5, 5.41) is 17.4. The lowest BCUT2D eigenvalue weighted by Gasteiger charge is -1.99. The van der Waals surface area contributed by atoms with Gasteiger partial charge in [-0.1, -0.05) is 0 Å². The van der Waals surface area contributed by atoms with Crippen LogP contribution in [0.1, 0.15) is 22.1 Å². The lowest BCUT2D eigenvalue weighted by Crippen LogP contribution is -2.00. The van der Waals surface area contributed by atoms with Crippen molar-refractivity contribution in [1.82, 2.24) is 9.55 Å². The Labute approximate surface area is 90.4 Å². The van der Waals surface area contributed by atoms with Gasteiger partial charge in [0.2, 0.25) is 11.6 Å². The number of furan rings is 1. The molecule has 2 rings (SSSR count). The maximum Gasteiger partial charge on any atom is 0.371 e. The van der Waals surface area contributed by atoms with Crippen LogP contribution in [0.3, 0.4) is 0 Å². The molecule has 2 aromatic rings. The van der Waals surface area contributed by atoms with Gasteiger partial charge in [-0.25, -0.2) is 9.78 Å². The summed E-state index contributed by atoms with van der Waals surface area (Å²) in [6, 6.07) is 4.86. The second kappa shape index (κ2) is 3.90. The third-order valence-corrected chi connectivity index (χ3v) is 2.01. The first kappa shape index (κ1) is 9.98. The molecule has 2 heterocycles. The number of carboxylic acids is 1. The molecular formula is C10H7N3O3. The van der Waals surface area contributed by atoms with Crippen molar-refractivity contribution in [3.05, 3.63) is 41.9 Å². The molecule has 0 aliphatic heterocycles. The minimum Gasteiger partial charge on any atom is -0.475 e. The van der Waals surface area contributed by atoms with E-state index >= 15 is 0 Å². The van der Waals surface area contributed by atoms with Crippen LogP contribution in [0.15, 0.2) is 28.9 Å². The molecule has 0 aliphatic carbocycles. The van der Waals surface area contributed by atoms with Crippen molar-refractivity contribution >= 4 is 5.97 Å². The van der Waals surface area contributed by atoms with Crippen LogP contribution >= 0.6 is 0 Å². The SMILES string of the molecule is N#Cc1nccn1Cc1ccc(C(=O)O)o1. The van der Waals surface area contributed by atoms with E-state index in [1.54, 1.807) is 16.8 Å². The molecule has 0 atom stereocenters. The van der Waals surface area contributed by atoms with E-state index in [1.807, 2.05) is 6.07 Å². The first-order valence-corrected chi connectivity index (χ1v) is 4.44. The zero-order valence-corrected chi connectivity index (χ0v) is 8.12. The molecule has 16 heavy (non-hydrogen) atoms. The van der Waals surface area contributed by atoms with Crippen molar-refractivity contribution < 1.29 is 14.3 Å². The van der Waals surface area contributed by atoms with Gasteiger partial charge in [-0.05, 0) is 12.1 Å². The number of hydrogen-bond acceptors (Lipinski definition) is 4. The molecule has 0 unspecified atom stereocenters. The highest BCUT2D eigenvalue weighted by molar-refractivity contribution is 5.84. The van der Waals surface area contributed by atoms with E-state index in [1.165, 1.54) is 12.3 Å². The molecule has 0 saturated carbocycles. The second-order valence-electron chi connectivity index (χ2n) is 3.06. The van der Waals surface area contributed by atoms with E-state index < -0.39 is 5.97 Å². The third kappa shape index (κ3) is 1.79. The van der Waals surface area contributed by atoms with Gasteiger partial charge in [0.1, 0.15) is 11.8 Å². The third-order valence-electron chi connectivity index (χ3n) is 2.01. The highest BCUT2D eigenvalue weighted by Gasteiger charge is 2.10. The molecule has 0 aliphatic rings. The average molecular weight is 217 g/mol. The largest absolute Gasteiger partial charge is 0.475 e. The molecule has 2 aromatic heterocycles. The first-order chi connectivity index (χ1) is 7.70. The summed E-state index contributed by atoms with van der Waals surface area (Å²) in [6.07, 6.45) is 3.13. The Kier molecular flexibility index (Phi) is 2.44. The average Bonchev–Trinajstić information content (AvgIpc) is 2.87. The van der Waals surface area contributed by atoms with Crippen LogP contribution in [0, 0.1) is 11.3 Å². The minimum atomic E-state index is -1.11. The molecule has 80 valence electrons. The van der Waals surface area contributed by atoms with Crippen LogP contribution in [0.2, 0.25) is 0 Å². The first-order valence-electron chi connectivity index (χ1n) is 4.44. The molecule has 6 heteroatoms. The van der Waals surface area contributed by atoms with Crippen LogP contribution in [-0.4, -0.2) is 20.6 Å². The molecule has 0 saturated heterocycles. The van der Waals surface area contributed by atoms with Gasteiger partial charge in [-0.2, -0.15) is 5.26 Å². The number of imidazole rings is 1. The second-order valence-corrected chi connectivity index (χ2v) is 3.06. The Bertz CT molecular complexity index is 562. The van der Waals surface area contributed by atoms with E-state index in [2.05, 4.69) is 4.98 Å². The number of aromatic carboxylic acids is 1. The Morgan fingerprint density at radius 2 is 2.44 bits per heavy atom. The fraction of sp³-hybridized carbons (Fsp3) is 0.100. The molecule has 0 fully saturated rings. The smallest absolute Gasteiger partial charge is 0.371 e. The van der Waals surface area contributed by atoms with Crippen LogP contribution < -0.4 is 0 Å².